The Bertz CT molecular complexity index is 402. The third kappa shape index (κ3) is 5.41. The summed E-state index contributed by atoms with van der Waals surface area (Å²) in [7, 11) is 0. The maximum atomic E-state index is 3.13. The fourth-order valence-electron chi connectivity index (χ4n) is 1.78. The van der Waals surface area contributed by atoms with Gasteiger partial charge in [0.1, 0.15) is 0 Å². The third-order valence-electron chi connectivity index (χ3n) is 2.77. The highest BCUT2D eigenvalue weighted by Crippen LogP contribution is 2.13. The summed E-state index contributed by atoms with van der Waals surface area (Å²) < 4.78 is 0. The lowest BCUT2D eigenvalue weighted by atomic mass is 10.0. The standard InChI is InChI=1S/C17H22/c1-3-5-7-9-13-17-15-11-10-14-16(17)12-8-6-4-2/h9-11,13-15H,3,5,7-8,12H2,1-2H3/b13-9+. The van der Waals surface area contributed by atoms with Gasteiger partial charge < -0.3 is 0 Å². The van der Waals surface area contributed by atoms with Crippen LogP contribution in [0.4, 0.5) is 0 Å². The molecule has 90 valence electrons. The van der Waals surface area contributed by atoms with Crippen molar-refractivity contribution >= 4 is 6.08 Å². The van der Waals surface area contributed by atoms with Gasteiger partial charge >= 0.3 is 0 Å². The summed E-state index contributed by atoms with van der Waals surface area (Å²) in [5.74, 6) is 6.08. The Morgan fingerprint density at radius 3 is 2.82 bits per heavy atom. The molecule has 0 spiro atoms. The molecule has 1 aromatic rings. The zero-order chi connectivity index (χ0) is 12.3. The van der Waals surface area contributed by atoms with Gasteiger partial charge in [0.25, 0.3) is 0 Å². The third-order valence-corrected chi connectivity index (χ3v) is 2.77. The van der Waals surface area contributed by atoms with Crippen molar-refractivity contribution in [3.05, 3.63) is 41.5 Å². The molecule has 0 heterocycles. The average Bonchev–Trinajstić information content (AvgIpc) is 2.36. The largest absolute Gasteiger partial charge is 0.107 e. The number of rotatable bonds is 6. The number of allylic oxidation sites excluding steroid dienone is 1. The summed E-state index contributed by atoms with van der Waals surface area (Å²) in [5.41, 5.74) is 2.75. The maximum absolute atomic E-state index is 3.13. The van der Waals surface area contributed by atoms with Crippen LogP contribution in [-0.4, -0.2) is 0 Å². The van der Waals surface area contributed by atoms with E-state index in [2.05, 4.69) is 55.2 Å². The van der Waals surface area contributed by atoms with Crippen molar-refractivity contribution in [3.8, 4) is 11.8 Å². The highest BCUT2D eigenvalue weighted by Gasteiger charge is 1.96. The van der Waals surface area contributed by atoms with Crippen molar-refractivity contribution in [2.24, 2.45) is 0 Å². The van der Waals surface area contributed by atoms with Crippen molar-refractivity contribution in [1.29, 1.82) is 0 Å². The van der Waals surface area contributed by atoms with E-state index in [1.807, 2.05) is 6.92 Å². The summed E-state index contributed by atoms with van der Waals surface area (Å²) in [6, 6.07) is 8.61. The molecule has 0 atom stereocenters. The molecule has 0 amide bonds. The Hall–Kier alpha value is -1.48. The maximum Gasteiger partial charge on any atom is 0.0129 e. The Morgan fingerprint density at radius 2 is 2.06 bits per heavy atom. The second kappa shape index (κ2) is 8.65. The number of hydrogen-bond acceptors (Lipinski definition) is 0. The fraction of sp³-hybridized carbons (Fsp3) is 0.412. The summed E-state index contributed by atoms with van der Waals surface area (Å²) >= 11 is 0. The molecule has 0 N–H and O–H groups in total. The van der Waals surface area contributed by atoms with Crippen LogP contribution >= 0.6 is 0 Å². The summed E-state index contributed by atoms with van der Waals surface area (Å²) in [5, 5.41) is 0. The van der Waals surface area contributed by atoms with Crippen molar-refractivity contribution in [2.75, 3.05) is 0 Å². The first kappa shape index (κ1) is 13.6. The number of aryl methyl sites for hydroxylation is 1. The van der Waals surface area contributed by atoms with Crippen LogP contribution in [0.15, 0.2) is 30.3 Å². The van der Waals surface area contributed by atoms with Gasteiger partial charge in [-0.3, -0.25) is 0 Å². The molecular formula is C17H22. The number of benzene rings is 1. The van der Waals surface area contributed by atoms with Crippen LogP contribution in [-0.2, 0) is 6.42 Å². The van der Waals surface area contributed by atoms with Gasteiger partial charge in [0, 0.05) is 6.42 Å². The fourth-order valence-corrected chi connectivity index (χ4v) is 1.78. The van der Waals surface area contributed by atoms with Crippen molar-refractivity contribution in [1.82, 2.24) is 0 Å². The molecule has 0 radical (unpaired) electrons. The highest BCUT2D eigenvalue weighted by molar-refractivity contribution is 5.53. The minimum Gasteiger partial charge on any atom is -0.107 e. The first-order valence-corrected chi connectivity index (χ1v) is 6.52. The number of unbranched alkanes of at least 4 members (excludes halogenated alkanes) is 2. The van der Waals surface area contributed by atoms with Gasteiger partial charge in [-0.15, -0.1) is 11.8 Å². The van der Waals surface area contributed by atoms with Crippen LogP contribution in [0.5, 0.6) is 0 Å². The molecular weight excluding hydrogens is 204 g/mol. The van der Waals surface area contributed by atoms with Gasteiger partial charge in [-0.1, -0.05) is 56.2 Å². The van der Waals surface area contributed by atoms with E-state index in [-0.39, 0.29) is 0 Å². The van der Waals surface area contributed by atoms with Gasteiger partial charge in [0.15, 0.2) is 0 Å². The monoisotopic (exact) mass is 226 g/mol. The van der Waals surface area contributed by atoms with Crippen molar-refractivity contribution in [3.63, 3.8) is 0 Å². The molecule has 0 bridgehead atoms. The number of hydrogen-bond donors (Lipinski definition) is 0. The molecule has 0 aliphatic heterocycles. The van der Waals surface area contributed by atoms with Crippen molar-refractivity contribution in [2.45, 2.75) is 46.0 Å². The van der Waals surface area contributed by atoms with E-state index in [0.717, 1.165) is 12.8 Å². The molecule has 0 aliphatic rings. The predicted molar refractivity (Wildman–Crippen MR) is 76.8 cm³/mol. The molecule has 1 aromatic carbocycles. The second-order valence-electron chi connectivity index (χ2n) is 4.17. The van der Waals surface area contributed by atoms with E-state index < -0.39 is 0 Å². The van der Waals surface area contributed by atoms with E-state index in [1.165, 1.54) is 30.4 Å². The lowest BCUT2D eigenvalue weighted by Crippen LogP contribution is -1.88. The normalized spacial score (nSPS) is 10.2. The van der Waals surface area contributed by atoms with E-state index in [1.54, 1.807) is 0 Å². The minimum absolute atomic E-state index is 0.955. The van der Waals surface area contributed by atoms with Gasteiger partial charge in [-0.05, 0) is 30.9 Å². The summed E-state index contributed by atoms with van der Waals surface area (Å²) in [6.45, 7) is 4.13. The molecule has 0 aliphatic carbocycles. The zero-order valence-corrected chi connectivity index (χ0v) is 11.0. The Labute approximate surface area is 106 Å². The molecule has 0 fully saturated rings. The predicted octanol–water partition coefficient (Wildman–Crippen LogP) is 4.85. The smallest absolute Gasteiger partial charge is 0.0129 e. The molecule has 17 heavy (non-hydrogen) atoms. The van der Waals surface area contributed by atoms with Crippen LogP contribution in [0.1, 0.15) is 50.7 Å². The highest BCUT2D eigenvalue weighted by atomic mass is 14.0. The lowest BCUT2D eigenvalue weighted by molar-refractivity contribution is 0.816. The Kier molecular flexibility index (Phi) is 6.91. The summed E-state index contributed by atoms with van der Waals surface area (Å²) in [4.78, 5) is 0. The second-order valence-corrected chi connectivity index (χ2v) is 4.17. The van der Waals surface area contributed by atoms with Crippen LogP contribution in [0.3, 0.4) is 0 Å². The topological polar surface area (TPSA) is 0 Å². The molecule has 0 nitrogen and oxygen atoms in total. The molecule has 0 heteroatoms. The van der Waals surface area contributed by atoms with E-state index in [9.17, 15) is 0 Å². The van der Waals surface area contributed by atoms with Gasteiger partial charge in [0.2, 0.25) is 0 Å². The van der Waals surface area contributed by atoms with Crippen LogP contribution in [0.2, 0.25) is 0 Å². The van der Waals surface area contributed by atoms with Crippen LogP contribution in [0.25, 0.3) is 6.08 Å². The van der Waals surface area contributed by atoms with Gasteiger partial charge in [-0.25, -0.2) is 0 Å². The summed E-state index contributed by atoms with van der Waals surface area (Å²) in [6.07, 6.45) is 10.3. The average molecular weight is 226 g/mol. The quantitative estimate of drug-likeness (QED) is 0.480. The van der Waals surface area contributed by atoms with Gasteiger partial charge in [-0.2, -0.15) is 0 Å². The SMILES string of the molecule is CC#CCCc1ccccc1/C=C/CCCC. The first-order chi connectivity index (χ1) is 8.38. The lowest BCUT2D eigenvalue weighted by Gasteiger charge is -2.03. The molecule has 0 aromatic heterocycles. The molecule has 1 rings (SSSR count). The Morgan fingerprint density at radius 1 is 1.24 bits per heavy atom. The van der Waals surface area contributed by atoms with Crippen molar-refractivity contribution < 1.29 is 0 Å². The molecule has 0 unspecified atom stereocenters. The van der Waals surface area contributed by atoms with Gasteiger partial charge in [0.05, 0.1) is 0 Å². The molecule has 0 saturated heterocycles. The minimum atomic E-state index is 0.955. The van der Waals surface area contributed by atoms with E-state index in [4.69, 9.17) is 0 Å². The Balaban J connectivity index is 2.62. The van der Waals surface area contributed by atoms with E-state index >= 15 is 0 Å². The van der Waals surface area contributed by atoms with Crippen LogP contribution in [0, 0.1) is 11.8 Å². The zero-order valence-electron chi connectivity index (χ0n) is 11.0. The van der Waals surface area contributed by atoms with E-state index in [0.29, 0.717) is 0 Å². The van der Waals surface area contributed by atoms with Crippen LogP contribution < -0.4 is 0 Å². The molecule has 0 saturated carbocycles. The first-order valence-electron chi connectivity index (χ1n) is 6.52.